The molecule has 0 spiro atoms. The van der Waals surface area contributed by atoms with Crippen molar-refractivity contribution in [3.05, 3.63) is 35.4 Å². The second-order valence-corrected chi connectivity index (χ2v) is 3.88. The van der Waals surface area contributed by atoms with E-state index in [9.17, 15) is 17.6 Å². The molecule has 1 N–H and O–H groups in total. The molecule has 0 heterocycles. The average molecular weight is 252 g/mol. The molecule has 0 radical (unpaired) electrons. The molecule has 0 aliphatic heterocycles. The zero-order valence-electron chi connectivity index (χ0n) is 8.07. The van der Waals surface area contributed by atoms with E-state index in [0.29, 0.717) is 17.8 Å². The molecule has 0 saturated carbocycles. The minimum atomic E-state index is -1.48. The zero-order valence-corrected chi connectivity index (χ0v) is 8.88. The van der Waals surface area contributed by atoms with Crippen molar-refractivity contribution in [2.24, 2.45) is 0 Å². The summed E-state index contributed by atoms with van der Waals surface area (Å²) in [5, 5.41) is 8.48. The molecule has 0 aliphatic rings. The Balaban J connectivity index is 3.35. The van der Waals surface area contributed by atoms with E-state index < -0.39 is 33.7 Å². The smallest absolute Gasteiger partial charge is 0.176 e. The van der Waals surface area contributed by atoms with Crippen molar-refractivity contribution < 1.29 is 22.7 Å². The maximum atomic E-state index is 13.3. The van der Waals surface area contributed by atoms with Gasteiger partial charge in [0.1, 0.15) is 0 Å². The molecule has 1 aromatic rings. The topological polar surface area (TPSA) is 20.2 Å². The molecular formula is C10H8F4OS. The minimum Gasteiger partial charge on any atom is -0.396 e. The van der Waals surface area contributed by atoms with Crippen LogP contribution in [0.1, 0.15) is 5.56 Å². The summed E-state index contributed by atoms with van der Waals surface area (Å²) in [4.78, 5) is -0.769. The van der Waals surface area contributed by atoms with Crippen molar-refractivity contribution in [1.82, 2.24) is 0 Å². The molecular weight excluding hydrogens is 244 g/mol. The monoisotopic (exact) mass is 252 g/mol. The van der Waals surface area contributed by atoms with E-state index in [-0.39, 0.29) is 12.4 Å². The maximum Gasteiger partial charge on any atom is 0.176 e. The van der Waals surface area contributed by atoms with E-state index in [4.69, 9.17) is 5.11 Å². The van der Waals surface area contributed by atoms with Crippen LogP contribution in [0.25, 0.3) is 6.08 Å². The normalized spacial score (nSPS) is 10.6. The number of aliphatic hydroxyl groups is 1. The highest BCUT2D eigenvalue weighted by Gasteiger charge is 2.23. The fourth-order valence-corrected chi connectivity index (χ4v) is 1.81. The van der Waals surface area contributed by atoms with Crippen molar-refractivity contribution in [2.75, 3.05) is 12.4 Å². The summed E-state index contributed by atoms with van der Waals surface area (Å²) in [5.74, 6) is -5.94. The van der Waals surface area contributed by atoms with Gasteiger partial charge in [0, 0.05) is 5.75 Å². The molecule has 0 aliphatic carbocycles. The van der Waals surface area contributed by atoms with Crippen LogP contribution in [0, 0.1) is 23.3 Å². The molecule has 0 aromatic heterocycles. The molecule has 16 heavy (non-hydrogen) atoms. The largest absolute Gasteiger partial charge is 0.396 e. The molecule has 0 atom stereocenters. The summed E-state index contributed by atoms with van der Waals surface area (Å²) in [5.41, 5.74) is -0.830. The molecule has 1 nitrogen and oxygen atoms in total. The van der Waals surface area contributed by atoms with Crippen LogP contribution < -0.4 is 0 Å². The van der Waals surface area contributed by atoms with Crippen molar-refractivity contribution in [2.45, 2.75) is 4.90 Å². The van der Waals surface area contributed by atoms with Gasteiger partial charge < -0.3 is 5.11 Å². The second-order valence-electron chi connectivity index (χ2n) is 2.77. The Hall–Kier alpha value is -1.01. The van der Waals surface area contributed by atoms with Gasteiger partial charge in [0.2, 0.25) is 0 Å². The van der Waals surface area contributed by atoms with Crippen LogP contribution in [0.4, 0.5) is 17.6 Å². The Labute approximate surface area is 93.8 Å². The number of benzene rings is 1. The maximum absolute atomic E-state index is 13.3. The van der Waals surface area contributed by atoms with E-state index in [1.807, 2.05) is 0 Å². The summed E-state index contributed by atoms with van der Waals surface area (Å²) in [6, 6.07) is 0. The third kappa shape index (κ3) is 2.22. The lowest BCUT2D eigenvalue weighted by atomic mass is 10.2. The Morgan fingerprint density at radius 3 is 1.94 bits per heavy atom. The van der Waals surface area contributed by atoms with E-state index in [0.717, 1.165) is 0 Å². The number of rotatable bonds is 4. The highest BCUT2D eigenvalue weighted by Crippen LogP contribution is 2.31. The number of halogens is 4. The number of hydrogen-bond acceptors (Lipinski definition) is 2. The lowest BCUT2D eigenvalue weighted by Gasteiger charge is -2.08. The van der Waals surface area contributed by atoms with Crippen LogP contribution >= 0.6 is 11.8 Å². The van der Waals surface area contributed by atoms with Gasteiger partial charge in [-0.15, -0.1) is 11.8 Å². The number of aliphatic hydroxyl groups excluding tert-OH is 1. The Morgan fingerprint density at radius 1 is 1.06 bits per heavy atom. The molecule has 6 heteroatoms. The van der Waals surface area contributed by atoms with Gasteiger partial charge in [-0.2, -0.15) is 0 Å². The third-order valence-corrected chi connectivity index (χ3v) is 2.83. The van der Waals surface area contributed by atoms with Gasteiger partial charge in [0.15, 0.2) is 23.3 Å². The van der Waals surface area contributed by atoms with Gasteiger partial charge in [-0.3, -0.25) is 0 Å². The fourth-order valence-electron chi connectivity index (χ4n) is 1.08. The summed E-state index contributed by atoms with van der Waals surface area (Å²) in [7, 11) is 0. The van der Waals surface area contributed by atoms with Crippen LogP contribution in [-0.2, 0) is 0 Å². The van der Waals surface area contributed by atoms with Crippen molar-refractivity contribution >= 4 is 17.8 Å². The van der Waals surface area contributed by atoms with Gasteiger partial charge in [-0.1, -0.05) is 12.7 Å². The van der Waals surface area contributed by atoms with Gasteiger partial charge in [-0.25, -0.2) is 17.6 Å². The van der Waals surface area contributed by atoms with Crippen LogP contribution in [-0.4, -0.2) is 17.5 Å². The first kappa shape index (κ1) is 13.1. The summed E-state index contributed by atoms with van der Waals surface area (Å²) < 4.78 is 53.0. The number of hydrogen-bond donors (Lipinski definition) is 1. The van der Waals surface area contributed by atoms with Crippen molar-refractivity contribution in [1.29, 1.82) is 0 Å². The average Bonchev–Trinajstić information content (AvgIpc) is 2.27. The van der Waals surface area contributed by atoms with Gasteiger partial charge >= 0.3 is 0 Å². The van der Waals surface area contributed by atoms with Crippen LogP contribution in [0.2, 0.25) is 0 Å². The van der Waals surface area contributed by atoms with Gasteiger partial charge in [0.25, 0.3) is 0 Å². The molecule has 0 saturated heterocycles. The van der Waals surface area contributed by atoms with Gasteiger partial charge in [0.05, 0.1) is 17.1 Å². The highest BCUT2D eigenvalue weighted by atomic mass is 32.2. The Kier molecular flexibility index (Phi) is 4.37. The van der Waals surface area contributed by atoms with E-state index in [1.54, 1.807) is 0 Å². The Morgan fingerprint density at radius 2 is 1.56 bits per heavy atom. The second kappa shape index (κ2) is 5.36. The first-order valence-electron chi connectivity index (χ1n) is 4.26. The first-order chi connectivity index (χ1) is 7.54. The van der Waals surface area contributed by atoms with E-state index in [2.05, 4.69) is 6.58 Å². The van der Waals surface area contributed by atoms with Crippen LogP contribution in [0.3, 0.4) is 0 Å². The summed E-state index contributed by atoms with van der Waals surface area (Å²) in [6.45, 7) is 2.72. The lowest BCUT2D eigenvalue weighted by Crippen LogP contribution is -2.03. The lowest BCUT2D eigenvalue weighted by molar-refractivity contribution is 0.322. The fraction of sp³-hybridized carbons (Fsp3) is 0.200. The standard InChI is InChI=1S/C10H8F4OS/c1-2-5-6(11)8(13)10(16-4-3-15)9(14)7(5)12/h2,15H,1,3-4H2. The van der Waals surface area contributed by atoms with Crippen molar-refractivity contribution in [3.8, 4) is 0 Å². The Bertz CT molecular complexity index is 391. The SMILES string of the molecule is C=Cc1c(F)c(F)c(SCCO)c(F)c1F. The zero-order chi connectivity index (χ0) is 12.3. The molecule has 1 aromatic carbocycles. The van der Waals surface area contributed by atoms with E-state index in [1.165, 1.54) is 0 Å². The molecule has 1 rings (SSSR count). The predicted molar refractivity (Wildman–Crippen MR) is 54.2 cm³/mol. The molecule has 0 bridgehead atoms. The third-order valence-electron chi connectivity index (χ3n) is 1.80. The van der Waals surface area contributed by atoms with Crippen molar-refractivity contribution in [3.63, 3.8) is 0 Å². The molecule has 88 valence electrons. The minimum absolute atomic E-state index is 0.0554. The quantitative estimate of drug-likeness (QED) is 0.505. The van der Waals surface area contributed by atoms with Gasteiger partial charge in [-0.05, 0) is 0 Å². The van der Waals surface area contributed by atoms with E-state index >= 15 is 0 Å². The summed E-state index contributed by atoms with van der Waals surface area (Å²) in [6.07, 6.45) is 0.706. The molecule has 0 amide bonds. The summed E-state index contributed by atoms with van der Waals surface area (Å²) >= 11 is 0.507. The molecule has 0 unspecified atom stereocenters. The predicted octanol–water partition coefficient (Wildman–Crippen LogP) is 2.97. The highest BCUT2D eigenvalue weighted by molar-refractivity contribution is 7.99. The molecule has 0 fully saturated rings. The van der Waals surface area contributed by atoms with Crippen LogP contribution in [0.15, 0.2) is 11.5 Å². The number of thioether (sulfide) groups is 1. The first-order valence-corrected chi connectivity index (χ1v) is 5.25. The van der Waals surface area contributed by atoms with Crippen LogP contribution in [0.5, 0.6) is 0 Å².